The van der Waals surface area contributed by atoms with Gasteiger partial charge in [0, 0.05) is 11.6 Å². The van der Waals surface area contributed by atoms with E-state index in [0.29, 0.717) is 28.2 Å². The van der Waals surface area contributed by atoms with Crippen molar-refractivity contribution < 1.29 is 4.79 Å². The van der Waals surface area contributed by atoms with Crippen molar-refractivity contribution >= 4 is 28.9 Å². The molecule has 0 radical (unpaired) electrons. The van der Waals surface area contributed by atoms with Gasteiger partial charge >= 0.3 is 0 Å². The molecule has 94 valence electrons. The summed E-state index contributed by atoms with van der Waals surface area (Å²) in [5, 5.41) is 3.40. The van der Waals surface area contributed by atoms with Gasteiger partial charge in [-0.2, -0.15) is 0 Å². The van der Waals surface area contributed by atoms with Gasteiger partial charge in [0.2, 0.25) is 5.91 Å². The van der Waals surface area contributed by atoms with E-state index in [0.717, 1.165) is 12.8 Å². The van der Waals surface area contributed by atoms with E-state index in [4.69, 9.17) is 17.3 Å². The topological polar surface area (TPSA) is 55.1 Å². The lowest BCUT2D eigenvalue weighted by Gasteiger charge is -2.17. The van der Waals surface area contributed by atoms with Crippen LogP contribution >= 0.6 is 11.6 Å². The van der Waals surface area contributed by atoms with Gasteiger partial charge in [-0.3, -0.25) is 4.79 Å². The molecule has 18 heavy (non-hydrogen) atoms. The van der Waals surface area contributed by atoms with Crippen molar-refractivity contribution in [2.45, 2.75) is 12.8 Å². The van der Waals surface area contributed by atoms with Crippen LogP contribution in [-0.2, 0) is 4.79 Å². The number of nitrogen functional groups attached to an aromatic ring is 1. The lowest BCUT2D eigenvalue weighted by molar-refractivity contribution is -0.120. The Morgan fingerprint density at radius 1 is 1.33 bits per heavy atom. The monoisotopic (exact) mass is 262 g/mol. The first-order valence-electron chi connectivity index (χ1n) is 6.17. The maximum Gasteiger partial charge on any atom is 0.228 e. The summed E-state index contributed by atoms with van der Waals surface area (Å²) in [6.07, 6.45) is 6.50. The molecule has 3 atom stereocenters. The first kappa shape index (κ1) is 11.6. The Bertz CT molecular complexity index is 527. The summed E-state index contributed by atoms with van der Waals surface area (Å²) in [5.41, 5.74) is 6.88. The third-order valence-corrected chi connectivity index (χ3v) is 4.21. The van der Waals surface area contributed by atoms with Crippen molar-refractivity contribution in [3.05, 3.63) is 35.4 Å². The highest BCUT2D eigenvalue weighted by molar-refractivity contribution is 6.33. The number of hydrogen-bond donors (Lipinski definition) is 2. The molecule has 3 rings (SSSR count). The Morgan fingerprint density at radius 3 is 2.78 bits per heavy atom. The van der Waals surface area contributed by atoms with Crippen molar-refractivity contribution in [2.24, 2.45) is 17.8 Å². The summed E-state index contributed by atoms with van der Waals surface area (Å²) < 4.78 is 0. The lowest BCUT2D eigenvalue weighted by atomic mass is 9.93. The number of amides is 1. The summed E-state index contributed by atoms with van der Waals surface area (Å²) in [5.74, 6) is 1.21. The van der Waals surface area contributed by atoms with Crippen molar-refractivity contribution in [1.29, 1.82) is 0 Å². The summed E-state index contributed by atoms with van der Waals surface area (Å²) >= 11 is 5.93. The Hall–Kier alpha value is -1.48. The van der Waals surface area contributed by atoms with E-state index in [1.165, 1.54) is 0 Å². The highest BCUT2D eigenvalue weighted by Crippen LogP contribution is 2.43. The number of hydrogen-bond acceptors (Lipinski definition) is 2. The molecule has 0 saturated heterocycles. The van der Waals surface area contributed by atoms with Crippen LogP contribution in [0.1, 0.15) is 12.8 Å². The highest BCUT2D eigenvalue weighted by atomic mass is 35.5. The Morgan fingerprint density at radius 2 is 2.17 bits per heavy atom. The first-order chi connectivity index (χ1) is 8.63. The fourth-order valence-corrected chi connectivity index (χ4v) is 3.10. The molecular weight excluding hydrogens is 248 g/mol. The first-order valence-corrected chi connectivity index (χ1v) is 6.55. The van der Waals surface area contributed by atoms with Gasteiger partial charge in [0.15, 0.2) is 0 Å². The number of carbonyl (C=O) groups is 1. The van der Waals surface area contributed by atoms with E-state index in [9.17, 15) is 4.79 Å². The number of anilines is 2. The number of benzene rings is 1. The quantitative estimate of drug-likeness (QED) is 0.636. The van der Waals surface area contributed by atoms with Gasteiger partial charge < -0.3 is 11.1 Å². The second-order valence-corrected chi connectivity index (χ2v) is 5.52. The third kappa shape index (κ3) is 1.99. The van der Waals surface area contributed by atoms with Crippen LogP contribution in [0.15, 0.2) is 30.4 Å². The van der Waals surface area contributed by atoms with Crippen LogP contribution < -0.4 is 11.1 Å². The Balaban J connectivity index is 1.71. The Labute approximate surface area is 111 Å². The average molecular weight is 263 g/mol. The van der Waals surface area contributed by atoms with Crippen LogP contribution in [0, 0.1) is 17.8 Å². The second kappa shape index (κ2) is 4.32. The van der Waals surface area contributed by atoms with Gasteiger partial charge in [-0.15, -0.1) is 0 Å². The molecule has 1 saturated carbocycles. The highest BCUT2D eigenvalue weighted by Gasteiger charge is 2.39. The average Bonchev–Trinajstić information content (AvgIpc) is 2.96. The largest absolute Gasteiger partial charge is 0.398 e. The number of carbonyl (C=O) groups excluding carboxylic acids is 1. The van der Waals surface area contributed by atoms with Crippen molar-refractivity contribution in [1.82, 2.24) is 0 Å². The molecule has 4 heteroatoms. The molecule has 1 aromatic carbocycles. The van der Waals surface area contributed by atoms with E-state index < -0.39 is 0 Å². The minimum absolute atomic E-state index is 0.0905. The molecule has 1 aromatic rings. The maximum atomic E-state index is 12.2. The SMILES string of the molecule is Nc1ccc(NC(=O)C2CC3C=CC2C3)cc1Cl. The van der Waals surface area contributed by atoms with Crippen molar-refractivity contribution in [3.8, 4) is 0 Å². The van der Waals surface area contributed by atoms with Crippen LogP contribution in [-0.4, -0.2) is 5.91 Å². The number of fused-ring (bicyclic) bond motifs is 2. The van der Waals surface area contributed by atoms with Gasteiger partial charge in [-0.05, 0) is 42.9 Å². The molecule has 1 amide bonds. The van der Waals surface area contributed by atoms with Gasteiger partial charge in [0.25, 0.3) is 0 Å². The van der Waals surface area contributed by atoms with Gasteiger partial charge in [0.1, 0.15) is 0 Å². The summed E-state index contributed by atoms with van der Waals surface area (Å²) in [7, 11) is 0. The minimum atomic E-state index is 0.0905. The molecule has 1 fully saturated rings. The molecule has 0 aromatic heterocycles. The standard InChI is InChI=1S/C14H15ClN2O/c15-12-7-10(3-4-13(12)16)17-14(18)11-6-8-1-2-9(11)5-8/h1-4,7-9,11H,5-6,16H2,(H,17,18). The lowest BCUT2D eigenvalue weighted by Crippen LogP contribution is -2.25. The molecule has 0 spiro atoms. The van der Waals surface area contributed by atoms with E-state index in [-0.39, 0.29) is 11.8 Å². The predicted molar refractivity (Wildman–Crippen MR) is 73.3 cm³/mol. The second-order valence-electron chi connectivity index (χ2n) is 5.11. The number of halogens is 1. The third-order valence-electron chi connectivity index (χ3n) is 3.88. The zero-order valence-electron chi connectivity index (χ0n) is 9.90. The number of nitrogens with two attached hydrogens (primary N) is 1. The zero-order chi connectivity index (χ0) is 12.7. The molecule has 0 aliphatic heterocycles. The fraction of sp³-hybridized carbons (Fsp3) is 0.357. The van der Waals surface area contributed by atoms with Crippen LogP contribution in [0.5, 0.6) is 0 Å². The molecular formula is C14H15ClN2O. The molecule has 2 aliphatic rings. The van der Waals surface area contributed by atoms with Crippen LogP contribution in [0.4, 0.5) is 11.4 Å². The van der Waals surface area contributed by atoms with E-state index in [1.807, 2.05) is 0 Å². The van der Waals surface area contributed by atoms with Crippen LogP contribution in [0.3, 0.4) is 0 Å². The number of rotatable bonds is 2. The maximum absolute atomic E-state index is 12.2. The van der Waals surface area contributed by atoms with E-state index in [2.05, 4.69) is 17.5 Å². The zero-order valence-corrected chi connectivity index (χ0v) is 10.7. The van der Waals surface area contributed by atoms with Crippen LogP contribution in [0.25, 0.3) is 0 Å². The summed E-state index contributed by atoms with van der Waals surface area (Å²) in [4.78, 5) is 12.2. The van der Waals surface area contributed by atoms with E-state index in [1.54, 1.807) is 18.2 Å². The summed E-state index contributed by atoms with van der Waals surface area (Å²) in [6, 6.07) is 5.18. The van der Waals surface area contributed by atoms with Gasteiger partial charge in [-0.1, -0.05) is 23.8 Å². The smallest absolute Gasteiger partial charge is 0.228 e. The number of allylic oxidation sites excluding steroid dienone is 2. The molecule has 0 heterocycles. The summed E-state index contributed by atoms with van der Waals surface area (Å²) in [6.45, 7) is 0. The van der Waals surface area contributed by atoms with Crippen molar-refractivity contribution in [2.75, 3.05) is 11.1 Å². The van der Waals surface area contributed by atoms with Crippen LogP contribution in [0.2, 0.25) is 5.02 Å². The van der Waals surface area contributed by atoms with Gasteiger partial charge in [-0.25, -0.2) is 0 Å². The molecule has 3 nitrogen and oxygen atoms in total. The molecule has 3 unspecified atom stereocenters. The molecule has 2 bridgehead atoms. The van der Waals surface area contributed by atoms with Gasteiger partial charge in [0.05, 0.1) is 10.7 Å². The minimum Gasteiger partial charge on any atom is -0.398 e. The number of nitrogens with one attached hydrogen (secondary N) is 1. The fourth-order valence-electron chi connectivity index (χ4n) is 2.92. The van der Waals surface area contributed by atoms with Crippen molar-refractivity contribution in [3.63, 3.8) is 0 Å². The molecule has 3 N–H and O–H groups in total. The predicted octanol–water partition coefficient (Wildman–Crippen LogP) is 3.07. The van der Waals surface area contributed by atoms with E-state index >= 15 is 0 Å². The Kier molecular flexibility index (Phi) is 2.78. The molecule has 2 aliphatic carbocycles. The normalized spacial score (nSPS) is 28.6.